The van der Waals surface area contributed by atoms with E-state index in [4.69, 9.17) is 0 Å². The normalized spacial score (nSPS) is 14.4. The third kappa shape index (κ3) is 3.25. The van der Waals surface area contributed by atoms with Gasteiger partial charge in [0, 0.05) is 23.3 Å². The number of aromatic nitrogens is 2. The molecule has 142 valence electrons. The van der Waals surface area contributed by atoms with Crippen molar-refractivity contribution >= 4 is 27.2 Å². The van der Waals surface area contributed by atoms with Gasteiger partial charge in [0.2, 0.25) is 0 Å². The second kappa shape index (κ2) is 6.57. The molecule has 1 aliphatic rings. The van der Waals surface area contributed by atoms with Gasteiger partial charge < -0.3 is 5.32 Å². The van der Waals surface area contributed by atoms with Gasteiger partial charge in [0.15, 0.2) is 9.84 Å². The van der Waals surface area contributed by atoms with Crippen LogP contribution in [0.25, 0.3) is 5.69 Å². The second-order valence-electron chi connectivity index (χ2n) is 6.31. The Kier molecular flexibility index (Phi) is 4.19. The van der Waals surface area contributed by atoms with Crippen molar-refractivity contribution in [3.05, 3.63) is 81.5 Å². The number of sulfone groups is 1. The van der Waals surface area contributed by atoms with E-state index < -0.39 is 20.7 Å². The highest BCUT2D eigenvalue weighted by atomic mass is 32.2. The summed E-state index contributed by atoms with van der Waals surface area (Å²) < 4.78 is 25.4. The molecule has 0 radical (unpaired) electrons. The molecule has 0 saturated heterocycles. The number of carbonyl (C=O) groups excluding carboxylic acids is 1. The lowest BCUT2D eigenvalue weighted by atomic mass is 10.2. The van der Waals surface area contributed by atoms with Crippen LogP contribution in [0.15, 0.2) is 54.6 Å². The third-order valence-corrected chi connectivity index (χ3v) is 5.80. The Morgan fingerprint density at radius 1 is 1.07 bits per heavy atom. The first kappa shape index (κ1) is 17.9. The lowest BCUT2D eigenvalue weighted by Crippen LogP contribution is -2.16. The Bertz CT molecular complexity index is 1180. The van der Waals surface area contributed by atoms with Crippen LogP contribution < -0.4 is 5.32 Å². The summed E-state index contributed by atoms with van der Waals surface area (Å²) in [6.45, 7) is 0. The molecule has 0 unspecified atom stereocenters. The van der Waals surface area contributed by atoms with Crippen molar-refractivity contribution in [3.63, 3.8) is 0 Å². The van der Waals surface area contributed by atoms with Gasteiger partial charge in [-0.15, -0.1) is 0 Å². The van der Waals surface area contributed by atoms with Crippen molar-refractivity contribution in [3.8, 4) is 5.69 Å². The summed E-state index contributed by atoms with van der Waals surface area (Å²) in [5, 5.41) is 17.9. The average molecular weight is 398 g/mol. The summed E-state index contributed by atoms with van der Waals surface area (Å²) >= 11 is 0. The van der Waals surface area contributed by atoms with Crippen LogP contribution in [0.3, 0.4) is 0 Å². The fourth-order valence-corrected chi connectivity index (χ4v) is 4.54. The zero-order valence-electron chi connectivity index (χ0n) is 14.4. The molecular formula is C18H14N4O5S. The van der Waals surface area contributed by atoms with Crippen molar-refractivity contribution in [2.24, 2.45) is 0 Å². The molecule has 1 N–H and O–H groups in total. The van der Waals surface area contributed by atoms with E-state index in [9.17, 15) is 23.3 Å². The number of anilines is 1. The van der Waals surface area contributed by atoms with E-state index in [-0.39, 0.29) is 23.0 Å². The van der Waals surface area contributed by atoms with Crippen LogP contribution in [0.1, 0.15) is 21.6 Å². The smallest absolute Gasteiger partial charge is 0.269 e. The van der Waals surface area contributed by atoms with Crippen LogP contribution in [-0.2, 0) is 21.3 Å². The number of hydrogen-bond donors (Lipinski definition) is 1. The number of amides is 1. The molecule has 0 spiro atoms. The van der Waals surface area contributed by atoms with Crippen molar-refractivity contribution in [2.75, 3.05) is 5.32 Å². The van der Waals surface area contributed by atoms with Gasteiger partial charge in [-0.25, -0.2) is 13.1 Å². The van der Waals surface area contributed by atoms with Crippen LogP contribution in [0.4, 0.5) is 11.5 Å². The van der Waals surface area contributed by atoms with E-state index in [1.165, 1.54) is 28.9 Å². The molecule has 2 heterocycles. The maximum atomic E-state index is 12.6. The first-order valence-electron chi connectivity index (χ1n) is 8.26. The maximum absolute atomic E-state index is 12.6. The van der Waals surface area contributed by atoms with E-state index in [0.717, 1.165) is 0 Å². The Hall–Kier alpha value is -3.53. The van der Waals surface area contributed by atoms with Crippen LogP contribution in [0.5, 0.6) is 0 Å². The minimum Gasteiger partial charge on any atom is -0.306 e. The van der Waals surface area contributed by atoms with E-state index in [2.05, 4.69) is 10.4 Å². The van der Waals surface area contributed by atoms with Crippen LogP contribution in [0.2, 0.25) is 0 Å². The first-order valence-corrected chi connectivity index (χ1v) is 10.1. The monoisotopic (exact) mass is 398 g/mol. The van der Waals surface area contributed by atoms with Gasteiger partial charge >= 0.3 is 0 Å². The number of benzene rings is 2. The molecule has 0 saturated carbocycles. The summed E-state index contributed by atoms with van der Waals surface area (Å²) in [4.78, 5) is 23.0. The summed E-state index contributed by atoms with van der Waals surface area (Å²) in [5.74, 6) is -0.592. The third-order valence-electron chi connectivity index (χ3n) is 4.36. The number of nitro benzene ring substituents is 1. The number of nitrogens with zero attached hydrogens (tertiary/aromatic N) is 3. The molecule has 0 atom stereocenters. The predicted molar refractivity (Wildman–Crippen MR) is 101 cm³/mol. The molecule has 0 aliphatic carbocycles. The number of rotatable bonds is 4. The highest BCUT2D eigenvalue weighted by Crippen LogP contribution is 2.33. The van der Waals surface area contributed by atoms with Crippen molar-refractivity contribution in [1.82, 2.24) is 9.78 Å². The summed E-state index contributed by atoms with van der Waals surface area (Å²) in [6.07, 6.45) is 0. The first-order chi connectivity index (χ1) is 13.3. The summed E-state index contributed by atoms with van der Waals surface area (Å²) in [5.41, 5.74) is 1.60. The molecular weight excluding hydrogens is 384 g/mol. The molecule has 10 heteroatoms. The molecule has 1 amide bonds. The number of hydrogen-bond acceptors (Lipinski definition) is 6. The van der Waals surface area contributed by atoms with Crippen molar-refractivity contribution in [1.29, 1.82) is 0 Å². The highest BCUT2D eigenvalue weighted by Gasteiger charge is 2.33. The van der Waals surface area contributed by atoms with Gasteiger partial charge in [-0.2, -0.15) is 5.10 Å². The van der Waals surface area contributed by atoms with Crippen LogP contribution in [0, 0.1) is 10.1 Å². The number of carbonyl (C=O) groups is 1. The van der Waals surface area contributed by atoms with E-state index in [1.54, 1.807) is 30.3 Å². The van der Waals surface area contributed by atoms with Crippen LogP contribution >= 0.6 is 0 Å². The molecule has 3 aromatic rings. The van der Waals surface area contributed by atoms with Gasteiger partial charge in [-0.05, 0) is 24.3 Å². The van der Waals surface area contributed by atoms with Crippen molar-refractivity contribution < 1.29 is 18.1 Å². The summed E-state index contributed by atoms with van der Waals surface area (Å²) in [6, 6.07) is 14.1. The van der Waals surface area contributed by atoms with E-state index in [0.29, 0.717) is 22.5 Å². The number of nitrogens with one attached hydrogen (secondary N) is 1. The fraction of sp³-hybridized carbons (Fsp3) is 0.111. The molecule has 0 fully saturated rings. The van der Waals surface area contributed by atoms with E-state index >= 15 is 0 Å². The molecule has 9 nitrogen and oxygen atoms in total. The lowest BCUT2D eigenvalue weighted by Gasteiger charge is -2.11. The number of nitro groups is 1. The fourth-order valence-electron chi connectivity index (χ4n) is 3.04. The second-order valence-corrected chi connectivity index (χ2v) is 8.38. The Balaban J connectivity index is 1.77. The van der Waals surface area contributed by atoms with Gasteiger partial charge in [0.1, 0.15) is 5.82 Å². The standard InChI is InChI=1S/C18H14N4O5S/c23-18(12-4-2-1-3-5-12)19-17-15-10-28(26,27)11-16(15)20-21(17)13-6-8-14(9-7-13)22(24)25/h1-9H,10-11H2,(H,19,23). The van der Waals surface area contributed by atoms with Crippen LogP contribution in [-0.4, -0.2) is 29.0 Å². The largest absolute Gasteiger partial charge is 0.306 e. The number of fused-ring (bicyclic) bond motifs is 1. The molecule has 1 aromatic heterocycles. The Morgan fingerprint density at radius 3 is 2.39 bits per heavy atom. The van der Waals surface area contributed by atoms with Crippen molar-refractivity contribution in [2.45, 2.75) is 11.5 Å². The van der Waals surface area contributed by atoms with Gasteiger partial charge in [-0.3, -0.25) is 14.9 Å². The predicted octanol–water partition coefficient (Wildman–Crippen LogP) is 2.46. The zero-order chi connectivity index (χ0) is 19.9. The minimum absolute atomic E-state index is 0.0825. The summed E-state index contributed by atoms with van der Waals surface area (Å²) in [7, 11) is -3.32. The van der Waals surface area contributed by atoms with E-state index in [1.807, 2.05) is 0 Å². The topological polar surface area (TPSA) is 124 Å². The number of non-ortho nitro benzene ring substituents is 1. The molecule has 28 heavy (non-hydrogen) atoms. The molecule has 2 aromatic carbocycles. The maximum Gasteiger partial charge on any atom is 0.269 e. The minimum atomic E-state index is -3.32. The van der Waals surface area contributed by atoms with Gasteiger partial charge in [0.25, 0.3) is 11.6 Å². The van der Waals surface area contributed by atoms with Gasteiger partial charge in [0.05, 0.1) is 27.8 Å². The molecule has 4 rings (SSSR count). The average Bonchev–Trinajstić information content (AvgIpc) is 3.15. The Labute approximate surface area is 159 Å². The highest BCUT2D eigenvalue weighted by molar-refractivity contribution is 7.90. The molecule has 0 bridgehead atoms. The SMILES string of the molecule is O=C(Nc1c2c(nn1-c1ccc([N+](=O)[O-])cc1)CS(=O)(=O)C2)c1ccccc1. The lowest BCUT2D eigenvalue weighted by molar-refractivity contribution is -0.384. The quantitative estimate of drug-likeness (QED) is 0.532. The molecule has 1 aliphatic heterocycles. The zero-order valence-corrected chi connectivity index (χ0v) is 15.2. The Morgan fingerprint density at radius 2 is 1.75 bits per heavy atom. The van der Waals surface area contributed by atoms with Gasteiger partial charge in [-0.1, -0.05) is 18.2 Å².